The topological polar surface area (TPSA) is 61.5 Å². The molecule has 94 valence electrons. The van der Waals surface area contributed by atoms with Crippen LogP contribution >= 0.6 is 11.8 Å². The molecule has 1 fully saturated rings. The van der Waals surface area contributed by atoms with Crippen LogP contribution in [0.5, 0.6) is 0 Å². The van der Waals surface area contributed by atoms with E-state index in [9.17, 15) is 4.79 Å². The smallest absolute Gasteiger partial charge is 0.306 e. The number of methoxy groups -OCH3 is 1. The van der Waals surface area contributed by atoms with E-state index in [0.29, 0.717) is 19.6 Å². The molecule has 16 heavy (non-hydrogen) atoms. The molecule has 0 aromatic carbocycles. The molecule has 1 rings (SSSR count). The minimum atomic E-state index is -0.0857. The van der Waals surface area contributed by atoms with Crippen LogP contribution in [-0.2, 0) is 14.3 Å². The summed E-state index contributed by atoms with van der Waals surface area (Å²) < 4.78 is 9.98. The van der Waals surface area contributed by atoms with Crippen LogP contribution in [0.2, 0.25) is 0 Å². The summed E-state index contributed by atoms with van der Waals surface area (Å²) in [5.74, 6) is 1.93. The Morgan fingerprint density at radius 3 is 2.75 bits per heavy atom. The third kappa shape index (κ3) is 5.18. The molecule has 0 radical (unpaired) electrons. The number of carbonyl (C=O) groups is 1. The highest BCUT2D eigenvalue weighted by Gasteiger charge is 2.44. The quantitative estimate of drug-likeness (QED) is 0.487. The van der Waals surface area contributed by atoms with Gasteiger partial charge in [-0.25, -0.2) is 0 Å². The number of nitrogens with two attached hydrogens (primary N) is 1. The predicted octanol–water partition coefficient (Wildman–Crippen LogP) is 1.04. The van der Waals surface area contributed by atoms with Crippen LogP contribution in [0.25, 0.3) is 0 Å². The van der Waals surface area contributed by atoms with Gasteiger partial charge in [0.2, 0.25) is 0 Å². The molecule has 0 aromatic heterocycles. The van der Waals surface area contributed by atoms with Crippen LogP contribution in [0.1, 0.15) is 19.3 Å². The molecule has 2 N–H and O–H groups in total. The molecule has 0 amide bonds. The van der Waals surface area contributed by atoms with Gasteiger partial charge in [-0.1, -0.05) is 0 Å². The molecule has 0 heterocycles. The maximum Gasteiger partial charge on any atom is 0.306 e. The Labute approximate surface area is 101 Å². The van der Waals surface area contributed by atoms with Gasteiger partial charge in [-0.2, -0.15) is 11.8 Å². The Balaban J connectivity index is 2.01. The zero-order chi connectivity index (χ0) is 11.9. The van der Waals surface area contributed by atoms with Crippen molar-refractivity contribution in [1.29, 1.82) is 0 Å². The van der Waals surface area contributed by atoms with Crippen LogP contribution in [0.15, 0.2) is 0 Å². The molecule has 0 aromatic rings. The SMILES string of the molecule is COC(=O)CC1(CSCCOCCN)CC1. The fourth-order valence-electron chi connectivity index (χ4n) is 1.52. The van der Waals surface area contributed by atoms with Crippen molar-refractivity contribution < 1.29 is 14.3 Å². The van der Waals surface area contributed by atoms with Gasteiger partial charge in [-0.3, -0.25) is 4.79 Å². The number of rotatable bonds is 9. The highest BCUT2D eigenvalue weighted by Crippen LogP contribution is 2.51. The lowest BCUT2D eigenvalue weighted by Gasteiger charge is -2.12. The number of ether oxygens (including phenoxy) is 2. The Morgan fingerprint density at radius 1 is 1.44 bits per heavy atom. The zero-order valence-electron chi connectivity index (χ0n) is 9.87. The van der Waals surface area contributed by atoms with Crippen molar-refractivity contribution in [2.45, 2.75) is 19.3 Å². The van der Waals surface area contributed by atoms with Crippen molar-refractivity contribution in [3.63, 3.8) is 0 Å². The Morgan fingerprint density at radius 2 is 2.19 bits per heavy atom. The summed E-state index contributed by atoms with van der Waals surface area (Å²) in [5, 5.41) is 0. The summed E-state index contributed by atoms with van der Waals surface area (Å²) in [7, 11) is 1.45. The maximum atomic E-state index is 11.2. The van der Waals surface area contributed by atoms with E-state index in [1.807, 2.05) is 11.8 Å². The van der Waals surface area contributed by atoms with E-state index in [4.69, 9.17) is 15.2 Å². The number of esters is 1. The number of hydrogen-bond acceptors (Lipinski definition) is 5. The van der Waals surface area contributed by atoms with E-state index in [1.165, 1.54) is 7.11 Å². The van der Waals surface area contributed by atoms with Crippen LogP contribution in [0.3, 0.4) is 0 Å². The van der Waals surface area contributed by atoms with E-state index in [1.54, 1.807) is 0 Å². The summed E-state index contributed by atoms with van der Waals surface area (Å²) in [6.07, 6.45) is 2.87. The van der Waals surface area contributed by atoms with Gasteiger partial charge in [-0.15, -0.1) is 0 Å². The highest BCUT2D eigenvalue weighted by atomic mass is 32.2. The second-order valence-electron chi connectivity index (χ2n) is 4.21. The lowest BCUT2D eigenvalue weighted by atomic mass is 10.1. The van der Waals surface area contributed by atoms with Gasteiger partial charge in [0.1, 0.15) is 0 Å². The van der Waals surface area contributed by atoms with E-state index in [0.717, 1.165) is 31.0 Å². The van der Waals surface area contributed by atoms with E-state index >= 15 is 0 Å². The molecular weight excluding hydrogens is 226 g/mol. The molecule has 4 nitrogen and oxygen atoms in total. The fraction of sp³-hybridized carbons (Fsp3) is 0.909. The van der Waals surface area contributed by atoms with Crippen LogP contribution < -0.4 is 5.73 Å². The molecular formula is C11H21NO3S. The largest absolute Gasteiger partial charge is 0.469 e. The first-order chi connectivity index (χ1) is 7.72. The summed E-state index contributed by atoms with van der Waals surface area (Å²) in [6.45, 7) is 1.96. The van der Waals surface area contributed by atoms with E-state index < -0.39 is 0 Å². The molecule has 0 saturated heterocycles. The van der Waals surface area contributed by atoms with Gasteiger partial charge in [0.15, 0.2) is 0 Å². The number of thioether (sulfide) groups is 1. The minimum absolute atomic E-state index is 0.0857. The average Bonchev–Trinajstić information content (AvgIpc) is 3.03. The molecule has 0 atom stereocenters. The van der Waals surface area contributed by atoms with E-state index in [-0.39, 0.29) is 11.4 Å². The molecule has 0 aliphatic heterocycles. The van der Waals surface area contributed by atoms with Crippen molar-refractivity contribution in [3.05, 3.63) is 0 Å². The van der Waals surface area contributed by atoms with Crippen molar-refractivity contribution in [1.82, 2.24) is 0 Å². The van der Waals surface area contributed by atoms with Gasteiger partial charge in [0.05, 0.1) is 26.7 Å². The van der Waals surface area contributed by atoms with Gasteiger partial charge in [0, 0.05) is 12.3 Å². The number of hydrogen-bond donors (Lipinski definition) is 1. The van der Waals surface area contributed by atoms with Gasteiger partial charge < -0.3 is 15.2 Å². The molecule has 1 aliphatic rings. The normalized spacial score (nSPS) is 17.1. The van der Waals surface area contributed by atoms with Gasteiger partial charge in [-0.05, 0) is 24.0 Å². The molecule has 0 bridgehead atoms. The van der Waals surface area contributed by atoms with Crippen molar-refractivity contribution in [2.24, 2.45) is 11.1 Å². The fourth-order valence-corrected chi connectivity index (χ4v) is 2.72. The van der Waals surface area contributed by atoms with Crippen LogP contribution in [0.4, 0.5) is 0 Å². The first-order valence-electron chi connectivity index (χ1n) is 5.65. The van der Waals surface area contributed by atoms with Gasteiger partial charge >= 0.3 is 5.97 Å². The molecule has 5 heteroatoms. The first kappa shape index (κ1) is 13.8. The van der Waals surface area contributed by atoms with Crippen molar-refractivity contribution >= 4 is 17.7 Å². The zero-order valence-corrected chi connectivity index (χ0v) is 10.7. The lowest BCUT2D eigenvalue weighted by molar-refractivity contribution is -0.141. The summed E-state index contributed by atoms with van der Waals surface area (Å²) in [5.41, 5.74) is 5.54. The van der Waals surface area contributed by atoms with E-state index in [2.05, 4.69) is 0 Å². The van der Waals surface area contributed by atoms with Crippen LogP contribution in [-0.4, -0.2) is 44.3 Å². The molecule has 1 aliphatic carbocycles. The molecule has 0 unspecified atom stereocenters. The van der Waals surface area contributed by atoms with Crippen LogP contribution in [0, 0.1) is 5.41 Å². The molecule has 1 saturated carbocycles. The first-order valence-corrected chi connectivity index (χ1v) is 6.80. The van der Waals surface area contributed by atoms with Gasteiger partial charge in [0.25, 0.3) is 0 Å². The second-order valence-corrected chi connectivity index (χ2v) is 5.31. The predicted molar refractivity (Wildman–Crippen MR) is 65.5 cm³/mol. The highest BCUT2D eigenvalue weighted by molar-refractivity contribution is 7.99. The summed E-state index contributed by atoms with van der Waals surface area (Å²) in [6, 6.07) is 0. The maximum absolute atomic E-state index is 11.2. The Bertz CT molecular complexity index is 219. The average molecular weight is 247 g/mol. The van der Waals surface area contributed by atoms with Crippen molar-refractivity contribution in [2.75, 3.05) is 38.4 Å². The third-order valence-corrected chi connectivity index (χ3v) is 4.02. The Kier molecular flexibility index (Phi) is 6.16. The molecule has 0 spiro atoms. The summed E-state index contributed by atoms with van der Waals surface area (Å²) >= 11 is 1.85. The second kappa shape index (κ2) is 7.14. The standard InChI is InChI=1S/C11H21NO3S/c1-14-10(13)8-11(2-3-11)9-16-7-6-15-5-4-12/h2-9,12H2,1H3. The third-order valence-electron chi connectivity index (χ3n) is 2.75. The monoisotopic (exact) mass is 247 g/mol. The van der Waals surface area contributed by atoms with Crippen molar-refractivity contribution in [3.8, 4) is 0 Å². The lowest BCUT2D eigenvalue weighted by Crippen LogP contribution is -2.14. The minimum Gasteiger partial charge on any atom is -0.469 e. The summed E-state index contributed by atoms with van der Waals surface area (Å²) in [4.78, 5) is 11.2. The Hall–Kier alpha value is -0.260. The number of carbonyl (C=O) groups excluding carboxylic acids is 1.